The highest BCUT2D eigenvalue weighted by Crippen LogP contribution is 2.18. The number of non-ortho nitro benzene ring substituents is 1. The minimum atomic E-state index is -0.404. The van der Waals surface area contributed by atoms with Crippen molar-refractivity contribution in [3.8, 4) is 0 Å². The van der Waals surface area contributed by atoms with Gasteiger partial charge in [0.25, 0.3) is 5.69 Å². The molecule has 0 aromatic heterocycles. The molecule has 0 aliphatic rings. The molecule has 0 saturated heterocycles. The van der Waals surface area contributed by atoms with E-state index in [1.54, 1.807) is 12.1 Å². The van der Waals surface area contributed by atoms with Gasteiger partial charge >= 0.3 is 0 Å². The van der Waals surface area contributed by atoms with Gasteiger partial charge in [-0.25, -0.2) is 0 Å². The number of nitro benzene ring substituents is 1. The summed E-state index contributed by atoms with van der Waals surface area (Å²) in [5.41, 5.74) is 3.08. The Hall–Kier alpha value is -2.60. The fraction of sp³-hybridized carbons (Fsp3) is 0.250. The smallest absolute Gasteiger partial charge is 0.269 e. The van der Waals surface area contributed by atoms with Gasteiger partial charge in [0.05, 0.1) is 11.5 Å². The van der Waals surface area contributed by atoms with Crippen molar-refractivity contribution in [2.45, 2.75) is 6.54 Å². The van der Waals surface area contributed by atoms with Crippen LogP contribution >= 0.6 is 0 Å². The molecule has 0 atom stereocenters. The molecule has 2 N–H and O–H groups in total. The second-order valence-electron chi connectivity index (χ2n) is 4.97. The zero-order valence-corrected chi connectivity index (χ0v) is 12.4. The molecule has 0 fully saturated rings. The molecular formula is C16H19N3O3. The van der Waals surface area contributed by atoms with Crippen LogP contribution in [-0.4, -0.2) is 30.2 Å². The molecule has 2 aromatic rings. The molecule has 0 amide bonds. The molecule has 22 heavy (non-hydrogen) atoms. The molecule has 116 valence electrons. The third kappa shape index (κ3) is 4.20. The van der Waals surface area contributed by atoms with Crippen molar-refractivity contribution in [1.82, 2.24) is 0 Å². The Labute approximate surface area is 129 Å². The predicted molar refractivity (Wildman–Crippen MR) is 87.2 cm³/mol. The van der Waals surface area contributed by atoms with Gasteiger partial charge in [0.15, 0.2) is 0 Å². The summed E-state index contributed by atoms with van der Waals surface area (Å²) in [5.74, 6) is 0. The van der Waals surface area contributed by atoms with Crippen molar-refractivity contribution >= 4 is 17.1 Å². The Kier molecular flexibility index (Phi) is 5.32. The average Bonchev–Trinajstić information content (AvgIpc) is 2.54. The van der Waals surface area contributed by atoms with Crippen LogP contribution in [0, 0.1) is 10.1 Å². The first-order chi connectivity index (χ1) is 10.6. The molecular weight excluding hydrogens is 282 g/mol. The van der Waals surface area contributed by atoms with Gasteiger partial charge in [-0.05, 0) is 29.8 Å². The number of nitrogens with one attached hydrogen (secondary N) is 1. The number of nitrogens with zero attached hydrogens (tertiary/aromatic N) is 2. The van der Waals surface area contributed by atoms with Crippen LogP contribution in [0.2, 0.25) is 0 Å². The van der Waals surface area contributed by atoms with Crippen LogP contribution < -0.4 is 10.2 Å². The average molecular weight is 301 g/mol. The van der Waals surface area contributed by atoms with Crippen LogP contribution in [0.3, 0.4) is 0 Å². The molecule has 0 aliphatic carbocycles. The fourth-order valence-electron chi connectivity index (χ4n) is 2.05. The summed E-state index contributed by atoms with van der Waals surface area (Å²) in [5, 5.41) is 22.8. The zero-order valence-electron chi connectivity index (χ0n) is 12.4. The number of hydrogen-bond donors (Lipinski definition) is 2. The van der Waals surface area contributed by atoms with Crippen molar-refractivity contribution in [2.75, 3.05) is 30.4 Å². The molecule has 2 aromatic carbocycles. The summed E-state index contributed by atoms with van der Waals surface area (Å²) in [6.07, 6.45) is 0. The molecule has 6 nitrogen and oxygen atoms in total. The Morgan fingerprint density at radius 1 is 1.14 bits per heavy atom. The summed E-state index contributed by atoms with van der Waals surface area (Å²) >= 11 is 0. The highest BCUT2D eigenvalue weighted by atomic mass is 16.6. The third-order valence-electron chi connectivity index (χ3n) is 3.39. The van der Waals surface area contributed by atoms with Crippen molar-refractivity contribution in [1.29, 1.82) is 0 Å². The SMILES string of the molecule is CN(CCO)c1ccc(NCc2ccc([N+](=O)[O-])cc2)cc1. The molecule has 0 spiro atoms. The second-order valence-corrected chi connectivity index (χ2v) is 4.97. The lowest BCUT2D eigenvalue weighted by atomic mass is 10.2. The lowest BCUT2D eigenvalue weighted by Crippen LogP contribution is -2.20. The largest absolute Gasteiger partial charge is 0.395 e. The van der Waals surface area contributed by atoms with Gasteiger partial charge in [-0.15, -0.1) is 0 Å². The van der Waals surface area contributed by atoms with Crippen molar-refractivity contribution < 1.29 is 10.0 Å². The van der Waals surface area contributed by atoms with Gasteiger partial charge in [-0.2, -0.15) is 0 Å². The van der Waals surface area contributed by atoms with Gasteiger partial charge < -0.3 is 15.3 Å². The monoisotopic (exact) mass is 301 g/mol. The minimum Gasteiger partial charge on any atom is -0.395 e. The molecule has 0 heterocycles. The van der Waals surface area contributed by atoms with E-state index in [1.807, 2.05) is 36.2 Å². The lowest BCUT2D eigenvalue weighted by molar-refractivity contribution is -0.384. The van der Waals surface area contributed by atoms with E-state index >= 15 is 0 Å². The Balaban J connectivity index is 1.92. The topological polar surface area (TPSA) is 78.6 Å². The Morgan fingerprint density at radius 2 is 1.77 bits per heavy atom. The normalized spacial score (nSPS) is 10.3. The quantitative estimate of drug-likeness (QED) is 0.607. The Morgan fingerprint density at radius 3 is 2.32 bits per heavy atom. The number of likely N-dealkylation sites (N-methyl/N-ethyl adjacent to an activating group) is 1. The summed E-state index contributed by atoms with van der Waals surface area (Å²) in [6.45, 7) is 1.32. The first-order valence-corrected chi connectivity index (χ1v) is 6.99. The van der Waals surface area contributed by atoms with E-state index in [-0.39, 0.29) is 12.3 Å². The highest BCUT2D eigenvalue weighted by molar-refractivity contribution is 5.55. The summed E-state index contributed by atoms with van der Waals surface area (Å²) < 4.78 is 0. The van der Waals surface area contributed by atoms with Crippen molar-refractivity contribution in [2.24, 2.45) is 0 Å². The van der Waals surface area contributed by atoms with Gasteiger partial charge in [-0.3, -0.25) is 10.1 Å². The highest BCUT2D eigenvalue weighted by Gasteiger charge is 2.04. The summed E-state index contributed by atoms with van der Waals surface area (Å²) in [6, 6.07) is 14.4. The van der Waals surface area contributed by atoms with E-state index in [0.29, 0.717) is 13.1 Å². The lowest BCUT2D eigenvalue weighted by Gasteiger charge is -2.18. The number of hydrogen-bond acceptors (Lipinski definition) is 5. The van der Waals surface area contributed by atoms with Crippen LogP contribution in [0.25, 0.3) is 0 Å². The van der Waals surface area contributed by atoms with Gasteiger partial charge in [-0.1, -0.05) is 12.1 Å². The molecule has 0 bridgehead atoms. The maximum absolute atomic E-state index is 10.6. The van der Waals surface area contributed by atoms with E-state index in [9.17, 15) is 10.1 Å². The van der Waals surface area contributed by atoms with Crippen LogP contribution in [-0.2, 0) is 6.54 Å². The van der Waals surface area contributed by atoms with Crippen LogP contribution in [0.4, 0.5) is 17.1 Å². The van der Waals surface area contributed by atoms with Gasteiger partial charge in [0.1, 0.15) is 0 Å². The van der Waals surface area contributed by atoms with Crippen LogP contribution in [0.15, 0.2) is 48.5 Å². The molecule has 6 heteroatoms. The van der Waals surface area contributed by atoms with E-state index in [4.69, 9.17) is 5.11 Å². The molecule has 0 saturated carbocycles. The van der Waals surface area contributed by atoms with Crippen molar-refractivity contribution in [3.63, 3.8) is 0 Å². The van der Waals surface area contributed by atoms with E-state index in [1.165, 1.54) is 12.1 Å². The van der Waals surface area contributed by atoms with Crippen LogP contribution in [0.1, 0.15) is 5.56 Å². The predicted octanol–water partition coefficient (Wildman–Crippen LogP) is 2.64. The maximum atomic E-state index is 10.6. The van der Waals surface area contributed by atoms with E-state index in [2.05, 4.69) is 5.32 Å². The molecule has 0 unspecified atom stereocenters. The number of rotatable bonds is 7. The Bertz CT molecular complexity index is 612. The van der Waals surface area contributed by atoms with Gasteiger partial charge in [0.2, 0.25) is 0 Å². The number of nitro groups is 1. The minimum absolute atomic E-state index is 0.0972. The summed E-state index contributed by atoms with van der Waals surface area (Å²) in [4.78, 5) is 12.2. The second kappa shape index (κ2) is 7.42. The molecule has 2 rings (SSSR count). The first kappa shape index (κ1) is 15.8. The van der Waals surface area contributed by atoms with E-state index < -0.39 is 4.92 Å². The molecule has 0 radical (unpaired) electrons. The summed E-state index contributed by atoms with van der Waals surface area (Å²) in [7, 11) is 1.93. The first-order valence-electron chi connectivity index (χ1n) is 6.99. The number of aliphatic hydroxyl groups excluding tert-OH is 1. The van der Waals surface area contributed by atoms with Crippen molar-refractivity contribution in [3.05, 3.63) is 64.2 Å². The standard InChI is InChI=1S/C16H19N3O3/c1-18(10-11-20)15-8-4-14(5-9-15)17-12-13-2-6-16(7-3-13)19(21)22/h2-9,17,20H,10-12H2,1H3. The van der Waals surface area contributed by atoms with Crippen LogP contribution in [0.5, 0.6) is 0 Å². The van der Waals surface area contributed by atoms with Gasteiger partial charge in [0, 0.05) is 43.6 Å². The molecule has 0 aliphatic heterocycles. The number of anilines is 2. The number of aliphatic hydroxyl groups is 1. The number of benzene rings is 2. The third-order valence-corrected chi connectivity index (χ3v) is 3.39. The fourth-order valence-corrected chi connectivity index (χ4v) is 2.05. The maximum Gasteiger partial charge on any atom is 0.269 e. The van der Waals surface area contributed by atoms with E-state index in [0.717, 1.165) is 16.9 Å². The zero-order chi connectivity index (χ0) is 15.9.